The minimum atomic E-state index is 0.0472. The molecule has 0 N–H and O–H groups in total. The zero-order chi connectivity index (χ0) is 17.2. The number of pyridine rings is 1. The Balaban J connectivity index is 1.39. The molecule has 0 aliphatic carbocycles. The number of aliphatic imine (C=N–C) groups is 2. The molecule has 1 atom stereocenters. The largest absolute Gasteiger partial charge is 0.353 e. The van der Waals surface area contributed by atoms with E-state index in [4.69, 9.17) is 4.99 Å². The maximum Gasteiger partial charge on any atom is 0.255 e. The van der Waals surface area contributed by atoms with Gasteiger partial charge in [-0.05, 0) is 18.6 Å². The maximum absolute atomic E-state index is 12.5. The number of amides is 1. The lowest BCUT2D eigenvalue weighted by atomic mass is 10.2. The summed E-state index contributed by atoms with van der Waals surface area (Å²) >= 11 is 0. The zero-order valence-corrected chi connectivity index (χ0v) is 14.4. The van der Waals surface area contributed by atoms with Gasteiger partial charge in [0.2, 0.25) is 0 Å². The lowest BCUT2D eigenvalue weighted by molar-refractivity contribution is 0.0668. The summed E-state index contributed by atoms with van der Waals surface area (Å²) in [5, 5.41) is 0. The second kappa shape index (κ2) is 6.66. The third-order valence-electron chi connectivity index (χ3n) is 4.87. The van der Waals surface area contributed by atoms with Crippen LogP contribution in [0.1, 0.15) is 23.7 Å². The van der Waals surface area contributed by atoms with Gasteiger partial charge in [-0.1, -0.05) is 6.92 Å². The molecule has 1 aromatic rings. The Morgan fingerprint density at radius 3 is 2.84 bits per heavy atom. The monoisotopic (exact) mass is 338 g/mol. The lowest BCUT2D eigenvalue weighted by Crippen LogP contribution is -2.48. The Morgan fingerprint density at radius 2 is 2.12 bits per heavy atom. The molecule has 0 aromatic carbocycles. The highest BCUT2D eigenvalue weighted by Gasteiger charge is 2.28. The molecule has 7 nitrogen and oxygen atoms in total. The molecule has 1 fully saturated rings. The minimum absolute atomic E-state index is 0.0472. The molecule has 1 saturated heterocycles. The Kier molecular flexibility index (Phi) is 4.21. The molecular weight excluding hydrogens is 316 g/mol. The highest BCUT2D eigenvalue weighted by Crippen LogP contribution is 2.20. The number of carbonyl (C=O) groups excluding carboxylic acids is 1. The topological polar surface area (TPSA) is 64.4 Å². The number of piperazine rings is 1. The van der Waals surface area contributed by atoms with E-state index in [0.29, 0.717) is 24.7 Å². The molecule has 4 heterocycles. The van der Waals surface area contributed by atoms with Crippen LogP contribution in [0, 0.1) is 0 Å². The first-order chi connectivity index (χ1) is 12.2. The molecule has 3 aliphatic rings. The van der Waals surface area contributed by atoms with Crippen LogP contribution in [-0.4, -0.2) is 76.5 Å². The van der Waals surface area contributed by atoms with Crippen molar-refractivity contribution in [1.82, 2.24) is 19.7 Å². The van der Waals surface area contributed by atoms with Gasteiger partial charge in [0, 0.05) is 51.2 Å². The second-order valence-corrected chi connectivity index (χ2v) is 6.47. The zero-order valence-electron chi connectivity index (χ0n) is 14.4. The number of carbonyl (C=O) groups is 1. The molecule has 1 aromatic heterocycles. The quantitative estimate of drug-likeness (QED) is 0.831. The van der Waals surface area contributed by atoms with Crippen molar-refractivity contribution in [3.63, 3.8) is 0 Å². The van der Waals surface area contributed by atoms with E-state index < -0.39 is 0 Å². The molecule has 130 valence electrons. The van der Waals surface area contributed by atoms with Gasteiger partial charge in [-0.3, -0.25) is 14.8 Å². The summed E-state index contributed by atoms with van der Waals surface area (Å²) in [6.07, 6.45) is 8.30. The van der Waals surface area contributed by atoms with Crippen molar-refractivity contribution in [2.75, 3.05) is 32.7 Å². The number of fused-ring (bicyclic) bond motifs is 1. The molecule has 0 radical (unpaired) electrons. The summed E-state index contributed by atoms with van der Waals surface area (Å²) in [5.74, 6) is 2.00. The van der Waals surface area contributed by atoms with Crippen molar-refractivity contribution in [3.8, 4) is 0 Å². The van der Waals surface area contributed by atoms with Gasteiger partial charge in [-0.2, -0.15) is 0 Å². The van der Waals surface area contributed by atoms with E-state index >= 15 is 0 Å². The van der Waals surface area contributed by atoms with Crippen LogP contribution in [-0.2, 0) is 0 Å². The first-order valence-corrected chi connectivity index (χ1v) is 8.79. The van der Waals surface area contributed by atoms with Crippen LogP contribution >= 0.6 is 0 Å². The summed E-state index contributed by atoms with van der Waals surface area (Å²) in [6.45, 7) is 6.02. The summed E-state index contributed by atoms with van der Waals surface area (Å²) in [4.78, 5) is 32.1. The van der Waals surface area contributed by atoms with E-state index in [2.05, 4.69) is 32.8 Å². The van der Waals surface area contributed by atoms with Crippen molar-refractivity contribution in [2.24, 2.45) is 9.98 Å². The molecule has 1 amide bonds. The van der Waals surface area contributed by atoms with E-state index in [1.54, 1.807) is 18.5 Å². The number of hydrogen-bond acceptors (Lipinski definition) is 6. The molecule has 1 unspecified atom stereocenters. The van der Waals surface area contributed by atoms with Crippen LogP contribution in [0.5, 0.6) is 0 Å². The first-order valence-electron chi connectivity index (χ1n) is 8.79. The molecule has 25 heavy (non-hydrogen) atoms. The van der Waals surface area contributed by atoms with Gasteiger partial charge < -0.3 is 14.7 Å². The molecule has 0 saturated carbocycles. The van der Waals surface area contributed by atoms with Crippen LogP contribution in [0.25, 0.3) is 0 Å². The number of hydrogen-bond donors (Lipinski definition) is 0. The van der Waals surface area contributed by atoms with Gasteiger partial charge in [0.25, 0.3) is 5.91 Å². The Morgan fingerprint density at radius 1 is 1.28 bits per heavy atom. The molecule has 4 rings (SSSR count). The minimum Gasteiger partial charge on any atom is -0.353 e. The van der Waals surface area contributed by atoms with E-state index in [-0.39, 0.29) is 5.91 Å². The smallest absolute Gasteiger partial charge is 0.255 e. The van der Waals surface area contributed by atoms with Crippen molar-refractivity contribution in [1.29, 1.82) is 0 Å². The van der Waals surface area contributed by atoms with Gasteiger partial charge in [0.1, 0.15) is 11.7 Å². The summed E-state index contributed by atoms with van der Waals surface area (Å²) in [5.41, 5.74) is 0.646. The Hall–Kier alpha value is -2.70. The summed E-state index contributed by atoms with van der Waals surface area (Å²) in [7, 11) is 0. The fourth-order valence-corrected chi connectivity index (χ4v) is 3.33. The van der Waals surface area contributed by atoms with Crippen LogP contribution < -0.4 is 0 Å². The van der Waals surface area contributed by atoms with E-state index in [0.717, 1.165) is 37.7 Å². The van der Waals surface area contributed by atoms with Gasteiger partial charge >= 0.3 is 0 Å². The van der Waals surface area contributed by atoms with E-state index in [1.165, 1.54) is 0 Å². The first kappa shape index (κ1) is 15.8. The highest BCUT2D eigenvalue weighted by molar-refractivity contribution is 6.03. The normalized spacial score (nSPS) is 22.6. The van der Waals surface area contributed by atoms with Gasteiger partial charge in [0.15, 0.2) is 0 Å². The predicted molar refractivity (Wildman–Crippen MR) is 96.5 cm³/mol. The standard InChI is InChI=1S/C18H22N6O/c1-2-15-12-24-13-20-16(10-17(24)21-15)22-6-8-23(9-7-22)18(25)14-4-3-5-19-11-14/h3-5,10-11,13,15H,2,6-9,12H2,1H3. The molecule has 7 heteroatoms. The Labute approximate surface area is 147 Å². The van der Waals surface area contributed by atoms with Crippen molar-refractivity contribution in [3.05, 3.63) is 42.0 Å². The van der Waals surface area contributed by atoms with Gasteiger partial charge in [-0.25, -0.2) is 4.99 Å². The van der Waals surface area contributed by atoms with Crippen molar-refractivity contribution in [2.45, 2.75) is 19.4 Å². The number of rotatable bonds is 3. The third kappa shape index (κ3) is 3.14. The summed E-state index contributed by atoms with van der Waals surface area (Å²) < 4.78 is 0. The number of nitrogens with zero attached hydrogens (tertiary/aromatic N) is 6. The van der Waals surface area contributed by atoms with Crippen LogP contribution in [0.2, 0.25) is 0 Å². The second-order valence-electron chi connectivity index (χ2n) is 6.47. The third-order valence-corrected chi connectivity index (χ3v) is 4.87. The number of aromatic nitrogens is 1. The SMILES string of the molecule is CCC1CN2C=NC(N3CCN(C(=O)c4cccnc4)CC3)=CC2=N1. The fourth-order valence-electron chi connectivity index (χ4n) is 3.33. The fraction of sp³-hybridized carbons (Fsp3) is 0.444. The molecular formula is C18H22N6O. The maximum atomic E-state index is 12.5. The molecule has 0 bridgehead atoms. The Bertz CT molecular complexity index is 733. The van der Waals surface area contributed by atoms with E-state index in [1.807, 2.05) is 17.3 Å². The van der Waals surface area contributed by atoms with Crippen LogP contribution in [0.15, 0.2) is 46.4 Å². The van der Waals surface area contributed by atoms with Gasteiger partial charge in [0.05, 0.1) is 17.9 Å². The molecule has 0 spiro atoms. The summed E-state index contributed by atoms with van der Waals surface area (Å²) in [6, 6.07) is 3.97. The van der Waals surface area contributed by atoms with Gasteiger partial charge in [-0.15, -0.1) is 0 Å². The van der Waals surface area contributed by atoms with Crippen molar-refractivity contribution < 1.29 is 4.79 Å². The number of amidine groups is 1. The van der Waals surface area contributed by atoms with Crippen LogP contribution in [0.3, 0.4) is 0 Å². The van der Waals surface area contributed by atoms with Crippen LogP contribution in [0.4, 0.5) is 0 Å². The van der Waals surface area contributed by atoms with Crippen molar-refractivity contribution >= 4 is 18.1 Å². The highest BCUT2D eigenvalue weighted by atomic mass is 16.2. The van der Waals surface area contributed by atoms with E-state index in [9.17, 15) is 4.79 Å². The average Bonchev–Trinajstić information content (AvgIpc) is 3.10. The molecule has 3 aliphatic heterocycles. The lowest BCUT2D eigenvalue weighted by Gasteiger charge is -2.36. The average molecular weight is 338 g/mol. The predicted octanol–water partition coefficient (Wildman–Crippen LogP) is 1.22.